The fourth-order valence-electron chi connectivity index (χ4n) is 1.96. The number of carbonyl (C=O) groups is 2. The zero-order valence-corrected chi connectivity index (χ0v) is 7.28. The van der Waals surface area contributed by atoms with Gasteiger partial charge in [-0.25, -0.2) is 0 Å². The van der Waals surface area contributed by atoms with Crippen LogP contribution in [0.15, 0.2) is 36.4 Å². The van der Waals surface area contributed by atoms with Gasteiger partial charge in [-0.15, -0.1) is 0 Å². The van der Waals surface area contributed by atoms with Gasteiger partial charge in [0.25, 0.3) is 0 Å². The second-order valence-electron chi connectivity index (χ2n) is 3.37. The van der Waals surface area contributed by atoms with Gasteiger partial charge >= 0.3 is 0 Å². The first-order valence-corrected chi connectivity index (χ1v) is 4.40. The fourth-order valence-corrected chi connectivity index (χ4v) is 1.96. The van der Waals surface area contributed by atoms with Crippen molar-refractivity contribution in [1.82, 2.24) is 0 Å². The lowest BCUT2D eigenvalue weighted by Crippen LogP contribution is -2.05. The van der Waals surface area contributed by atoms with Crippen molar-refractivity contribution >= 4 is 33.3 Å². The van der Waals surface area contributed by atoms with Crippen LogP contribution < -0.4 is 0 Å². The van der Waals surface area contributed by atoms with Crippen molar-refractivity contribution in [1.29, 1.82) is 0 Å². The Hall–Kier alpha value is -1.74. The van der Waals surface area contributed by atoms with Gasteiger partial charge in [-0.05, 0) is 16.4 Å². The summed E-state index contributed by atoms with van der Waals surface area (Å²) in [6.07, 6.45) is 0. The highest BCUT2D eigenvalue weighted by atomic mass is 28.1. The number of benzene rings is 2. The van der Waals surface area contributed by atoms with Crippen molar-refractivity contribution in [3.63, 3.8) is 0 Å². The van der Waals surface area contributed by atoms with E-state index < -0.39 is 0 Å². The standard InChI is InChI=1S/C12H6O2.H4Si/c13-11-8-5-1-3-7-4-2-6-9(10(7)8)12(11)14;/h1-6H;1H4. The minimum atomic E-state index is -0.378. The lowest BCUT2D eigenvalue weighted by Gasteiger charge is -1.97. The zero-order chi connectivity index (χ0) is 9.71. The third kappa shape index (κ3) is 1.10. The van der Waals surface area contributed by atoms with Crippen LogP contribution in [0.25, 0.3) is 10.8 Å². The highest BCUT2D eigenvalue weighted by molar-refractivity contribution is 6.57. The molecule has 2 aromatic rings. The Balaban J connectivity index is 0.000000853. The molecule has 0 saturated heterocycles. The largest absolute Gasteiger partial charge is 0.285 e. The Morgan fingerprint density at radius 1 is 0.733 bits per heavy atom. The zero-order valence-electron chi connectivity index (χ0n) is 7.28. The average molecular weight is 214 g/mol. The lowest BCUT2D eigenvalue weighted by molar-refractivity contribution is 0.0825. The van der Waals surface area contributed by atoms with E-state index in [0.717, 1.165) is 10.8 Å². The Labute approximate surface area is 90.9 Å². The first-order chi connectivity index (χ1) is 6.79. The molecular formula is C12H10O2Si. The molecule has 1 aliphatic rings. The number of hydrogen-bond acceptors (Lipinski definition) is 2. The molecule has 0 radical (unpaired) electrons. The van der Waals surface area contributed by atoms with E-state index in [4.69, 9.17) is 0 Å². The summed E-state index contributed by atoms with van der Waals surface area (Å²) in [7, 11) is 0. The molecule has 2 aromatic carbocycles. The summed E-state index contributed by atoms with van der Waals surface area (Å²) in [5, 5.41) is 1.77. The number of ketones is 2. The maximum absolute atomic E-state index is 11.5. The van der Waals surface area contributed by atoms with Crippen molar-refractivity contribution in [3.8, 4) is 0 Å². The summed E-state index contributed by atoms with van der Waals surface area (Å²) in [5.74, 6) is -0.756. The summed E-state index contributed by atoms with van der Waals surface area (Å²) in [6.45, 7) is 0. The van der Waals surface area contributed by atoms with Crippen LogP contribution in [0, 0.1) is 0 Å². The summed E-state index contributed by atoms with van der Waals surface area (Å²) in [4.78, 5) is 23.1. The minimum Gasteiger partial charge on any atom is -0.285 e. The number of Topliss-reactive ketones (excluding diaryl/α,β-unsaturated/α-hetero) is 2. The van der Waals surface area contributed by atoms with E-state index in [9.17, 15) is 9.59 Å². The second kappa shape index (κ2) is 3.14. The van der Waals surface area contributed by atoms with E-state index in [1.54, 1.807) is 24.3 Å². The Bertz CT molecular complexity index is 538. The van der Waals surface area contributed by atoms with E-state index in [1.807, 2.05) is 12.1 Å². The Kier molecular flexibility index (Phi) is 2.05. The predicted molar refractivity (Wildman–Crippen MR) is 63.9 cm³/mol. The van der Waals surface area contributed by atoms with Gasteiger partial charge in [-0.3, -0.25) is 9.59 Å². The number of rotatable bonds is 0. The van der Waals surface area contributed by atoms with Crippen LogP contribution >= 0.6 is 0 Å². The van der Waals surface area contributed by atoms with Gasteiger partial charge in [-0.2, -0.15) is 0 Å². The van der Waals surface area contributed by atoms with E-state index in [-0.39, 0.29) is 22.5 Å². The molecule has 0 fully saturated rings. The number of hydrogen-bond donors (Lipinski definition) is 0. The predicted octanol–water partition coefficient (Wildman–Crippen LogP) is 0.767. The molecule has 0 saturated carbocycles. The van der Waals surface area contributed by atoms with Crippen LogP contribution in [0.1, 0.15) is 20.7 Å². The van der Waals surface area contributed by atoms with E-state index in [0.29, 0.717) is 11.1 Å². The number of carbonyl (C=O) groups excluding carboxylic acids is 2. The van der Waals surface area contributed by atoms with Crippen molar-refractivity contribution < 1.29 is 9.59 Å². The van der Waals surface area contributed by atoms with Crippen molar-refractivity contribution in [2.24, 2.45) is 0 Å². The summed E-state index contributed by atoms with van der Waals surface area (Å²) in [6, 6.07) is 10.8. The molecule has 74 valence electrons. The first kappa shape index (κ1) is 9.80. The van der Waals surface area contributed by atoms with Gasteiger partial charge in [0.15, 0.2) is 0 Å². The van der Waals surface area contributed by atoms with Crippen LogP contribution in [0.3, 0.4) is 0 Å². The maximum atomic E-state index is 11.5. The van der Waals surface area contributed by atoms with Gasteiger partial charge in [0, 0.05) is 16.5 Å². The van der Waals surface area contributed by atoms with E-state index >= 15 is 0 Å². The third-order valence-corrected chi connectivity index (χ3v) is 2.60. The highest BCUT2D eigenvalue weighted by Gasteiger charge is 2.29. The van der Waals surface area contributed by atoms with Gasteiger partial charge in [0.1, 0.15) is 0 Å². The second-order valence-corrected chi connectivity index (χ2v) is 3.37. The molecule has 1 aliphatic carbocycles. The van der Waals surface area contributed by atoms with E-state index in [1.165, 1.54) is 0 Å². The SMILES string of the molecule is O=C1C(=O)c2cccc3cccc1c23.[SiH4]. The Morgan fingerprint density at radius 2 is 1.20 bits per heavy atom. The smallest absolute Gasteiger partial charge is 0.234 e. The van der Waals surface area contributed by atoms with Gasteiger partial charge < -0.3 is 0 Å². The van der Waals surface area contributed by atoms with Gasteiger partial charge in [0.2, 0.25) is 11.6 Å². The normalized spacial score (nSPS) is 13.1. The summed E-state index contributed by atoms with van der Waals surface area (Å²) in [5.41, 5.74) is 1.09. The maximum Gasteiger partial charge on any atom is 0.234 e. The molecular weight excluding hydrogens is 204 g/mol. The van der Waals surface area contributed by atoms with Crippen molar-refractivity contribution in [3.05, 3.63) is 47.5 Å². The minimum absolute atomic E-state index is 0. The molecule has 0 aliphatic heterocycles. The van der Waals surface area contributed by atoms with Crippen LogP contribution in [0.5, 0.6) is 0 Å². The van der Waals surface area contributed by atoms with Crippen LogP contribution in [-0.4, -0.2) is 22.5 Å². The monoisotopic (exact) mass is 214 g/mol. The molecule has 3 rings (SSSR count). The molecule has 0 atom stereocenters. The van der Waals surface area contributed by atoms with Crippen LogP contribution in [0.4, 0.5) is 0 Å². The molecule has 0 aromatic heterocycles. The molecule has 0 N–H and O–H groups in total. The molecule has 2 nitrogen and oxygen atoms in total. The third-order valence-electron chi connectivity index (χ3n) is 2.60. The quantitative estimate of drug-likeness (QED) is 0.479. The highest BCUT2D eigenvalue weighted by Crippen LogP contribution is 2.30. The van der Waals surface area contributed by atoms with Crippen LogP contribution in [0.2, 0.25) is 0 Å². The molecule has 3 heteroatoms. The van der Waals surface area contributed by atoms with Gasteiger partial charge in [0.05, 0.1) is 0 Å². The summed E-state index contributed by atoms with van der Waals surface area (Å²) < 4.78 is 0. The molecule has 0 amide bonds. The Morgan fingerprint density at radius 3 is 1.67 bits per heavy atom. The molecule has 0 heterocycles. The van der Waals surface area contributed by atoms with Gasteiger partial charge in [-0.1, -0.05) is 36.4 Å². The topological polar surface area (TPSA) is 34.1 Å². The fraction of sp³-hybridized carbons (Fsp3) is 0. The van der Waals surface area contributed by atoms with Crippen LogP contribution in [-0.2, 0) is 0 Å². The first-order valence-electron chi connectivity index (χ1n) is 4.40. The van der Waals surface area contributed by atoms with E-state index in [2.05, 4.69) is 0 Å². The molecule has 0 unspecified atom stereocenters. The molecule has 0 bridgehead atoms. The lowest BCUT2D eigenvalue weighted by atomic mass is 10.1. The average Bonchev–Trinajstić information content (AvgIpc) is 2.47. The molecule has 0 spiro atoms. The van der Waals surface area contributed by atoms with Crippen molar-refractivity contribution in [2.75, 3.05) is 0 Å². The molecule has 15 heavy (non-hydrogen) atoms. The van der Waals surface area contributed by atoms with Crippen molar-refractivity contribution in [2.45, 2.75) is 0 Å². The summed E-state index contributed by atoms with van der Waals surface area (Å²) >= 11 is 0.